The molecule has 29 heavy (non-hydrogen) atoms. The Morgan fingerprint density at radius 1 is 1.10 bits per heavy atom. The highest BCUT2D eigenvalue weighted by atomic mass is 35.5. The molecule has 0 spiro atoms. The third-order valence-corrected chi connectivity index (χ3v) is 6.46. The zero-order valence-corrected chi connectivity index (χ0v) is 19.6. The van der Waals surface area contributed by atoms with Gasteiger partial charge >= 0.3 is 0 Å². The second kappa shape index (κ2) is 9.58. The Kier molecular flexibility index (Phi) is 7.35. The molecule has 1 heterocycles. The van der Waals surface area contributed by atoms with Gasteiger partial charge in [-0.05, 0) is 62.0 Å². The first kappa shape index (κ1) is 22.2. The van der Waals surface area contributed by atoms with E-state index in [1.807, 2.05) is 30.3 Å². The van der Waals surface area contributed by atoms with Crippen LogP contribution in [0.3, 0.4) is 0 Å². The number of amides is 1. The molecule has 0 unspecified atom stereocenters. The van der Waals surface area contributed by atoms with Gasteiger partial charge in [-0.3, -0.25) is 10.2 Å². The number of anilines is 2. The van der Waals surface area contributed by atoms with E-state index in [1.54, 1.807) is 12.1 Å². The number of thioether (sulfide) groups is 1. The molecular formula is C20H18Cl3N3OS2. The van der Waals surface area contributed by atoms with Gasteiger partial charge in [-0.25, -0.2) is 5.01 Å². The molecule has 1 fully saturated rings. The van der Waals surface area contributed by atoms with Crippen LogP contribution in [0.4, 0.5) is 11.4 Å². The fraction of sp³-hybridized carbons (Fsp3) is 0.200. The predicted octanol–water partition coefficient (Wildman–Crippen LogP) is 6.72. The van der Waals surface area contributed by atoms with Crippen LogP contribution in [0.1, 0.15) is 19.4 Å². The lowest BCUT2D eigenvalue weighted by atomic mass is 10.1. The van der Waals surface area contributed by atoms with E-state index in [9.17, 15) is 4.79 Å². The fourth-order valence-electron chi connectivity index (χ4n) is 2.85. The normalized spacial score (nSPS) is 15.3. The van der Waals surface area contributed by atoms with E-state index < -0.39 is 0 Å². The molecule has 1 saturated heterocycles. The lowest BCUT2D eigenvalue weighted by Crippen LogP contribution is -2.34. The van der Waals surface area contributed by atoms with Crippen molar-refractivity contribution in [2.24, 2.45) is 0 Å². The van der Waals surface area contributed by atoms with E-state index in [4.69, 9.17) is 47.0 Å². The van der Waals surface area contributed by atoms with E-state index in [0.717, 1.165) is 24.3 Å². The van der Waals surface area contributed by atoms with E-state index in [-0.39, 0.29) is 5.91 Å². The van der Waals surface area contributed by atoms with Gasteiger partial charge in [-0.2, -0.15) is 0 Å². The zero-order valence-electron chi connectivity index (χ0n) is 15.7. The number of carbonyl (C=O) groups is 1. The third-order valence-electron chi connectivity index (χ3n) is 4.34. The van der Waals surface area contributed by atoms with Crippen LogP contribution < -0.4 is 10.3 Å². The van der Waals surface area contributed by atoms with Crippen molar-refractivity contribution in [3.05, 3.63) is 61.9 Å². The number of halogens is 3. The largest absolute Gasteiger partial charge is 0.372 e. The molecule has 0 atom stereocenters. The summed E-state index contributed by atoms with van der Waals surface area (Å²) in [4.78, 5) is 15.6. The zero-order chi connectivity index (χ0) is 21.1. The Morgan fingerprint density at radius 2 is 1.69 bits per heavy atom. The van der Waals surface area contributed by atoms with Gasteiger partial charge in [-0.1, -0.05) is 58.7 Å². The number of benzene rings is 2. The summed E-state index contributed by atoms with van der Waals surface area (Å²) < 4.78 is 0.364. The summed E-state index contributed by atoms with van der Waals surface area (Å²) in [5.74, 6) is -0.269. The average Bonchev–Trinajstić information content (AvgIpc) is 2.93. The monoisotopic (exact) mass is 485 g/mol. The molecule has 0 aromatic heterocycles. The van der Waals surface area contributed by atoms with Crippen molar-refractivity contribution < 1.29 is 4.79 Å². The molecule has 2 aromatic carbocycles. The summed E-state index contributed by atoms with van der Waals surface area (Å²) in [5.41, 5.74) is 5.35. The predicted molar refractivity (Wildman–Crippen MR) is 130 cm³/mol. The summed E-state index contributed by atoms with van der Waals surface area (Å²) in [6.07, 6.45) is 1.82. The summed E-state index contributed by atoms with van der Waals surface area (Å²) in [5, 5.41) is 2.26. The van der Waals surface area contributed by atoms with Crippen molar-refractivity contribution in [1.29, 1.82) is 0 Å². The molecule has 3 rings (SSSR count). The number of nitrogens with one attached hydrogen (secondary N) is 1. The van der Waals surface area contributed by atoms with Crippen LogP contribution in [0.2, 0.25) is 15.1 Å². The Labute approximate surface area is 194 Å². The van der Waals surface area contributed by atoms with Gasteiger partial charge in [0, 0.05) is 23.8 Å². The highest BCUT2D eigenvalue weighted by Crippen LogP contribution is 2.38. The molecule has 1 amide bonds. The SMILES string of the molecule is CCN(CC)c1ccc(/C=C2/SC(=S)N(Nc3c(Cl)cc(Cl)cc3Cl)C2=O)cc1. The molecule has 0 radical (unpaired) electrons. The molecule has 1 N–H and O–H groups in total. The first-order valence-electron chi connectivity index (χ1n) is 8.88. The van der Waals surface area contributed by atoms with E-state index >= 15 is 0 Å². The van der Waals surface area contributed by atoms with Crippen molar-refractivity contribution >= 4 is 86.5 Å². The van der Waals surface area contributed by atoms with Crippen LogP contribution in [-0.4, -0.2) is 28.3 Å². The first-order chi connectivity index (χ1) is 13.8. The molecule has 0 saturated carbocycles. The fourth-order valence-corrected chi connectivity index (χ4v) is 4.93. The molecule has 2 aromatic rings. The van der Waals surface area contributed by atoms with Gasteiger partial charge in [0.25, 0.3) is 5.91 Å². The van der Waals surface area contributed by atoms with Crippen LogP contribution in [-0.2, 0) is 4.79 Å². The van der Waals surface area contributed by atoms with Crippen LogP contribution in [0.25, 0.3) is 6.08 Å². The Balaban J connectivity index is 1.80. The maximum Gasteiger partial charge on any atom is 0.285 e. The van der Waals surface area contributed by atoms with Crippen LogP contribution in [0.5, 0.6) is 0 Å². The lowest BCUT2D eigenvalue weighted by molar-refractivity contribution is -0.121. The van der Waals surface area contributed by atoms with Crippen molar-refractivity contribution in [3.8, 4) is 0 Å². The quantitative estimate of drug-likeness (QED) is 0.362. The highest BCUT2D eigenvalue weighted by Gasteiger charge is 2.33. The molecular weight excluding hydrogens is 469 g/mol. The molecule has 4 nitrogen and oxygen atoms in total. The molecule has 1 aliphatic heterocycles. The number of hydrogen-bond donors (Lipinski definition) is 1. The Morgan fingerprint density at radius 3 is 2.24 bits per heavy atom. The maximum atomic E-state index is 12.8. The minimum atomic E-state index is -0.269. The van der Waals surface area contributed by atoms with E-state index in [0.29, 0.717) is 30.0 Å². The van der Waals surface area contributed by atoms with Gasteiger partial charge in [0.05, 0.1) is 20.6 Å². The van der Waals surface area contributed by atoms with Gasteiger partial charge in [0.2, 0.25) is 0 Å². The van der Waals surface area contributed by atoms with Gasteiger partial charge in [0.15, 0.2) is 4.32 Å². The molecule has 1 aliphatic rings. The number of thiocarbonyl (C=S) groups is 1. The van der Waals surface area contributed by atoms with Crippen molar-refractivity contribution in [1.82, 2.24) is 5.01 Å². The van der Waals surface area contributed by atoms with E-state index in [1.165, 1.54) is 16.8 Å². The van der Waals surface area contributed by atoms with Gasteiger partial charge in [-0.15, -0.1) is 0 Å². The van der Waals surface area contributed by atoms with Crippen LogP contribution >= 0.6 is 58.8 Å². The minimum absolute atomic E-state index is 0.269. The third kappa shape index (κ3) is 5.01. The number of hydrogen-bond acceptors (Lipinski definition) is 5. The summed E-state index contributed by atoms with van der Waals surface area (Å²) >= 11 is 24.9. The van der Waals surface area contributed by atoms with Crippen LogP contribution in [0.15, 0.2) is 41.3 Å². The van der Waals surface area contributed by atoms with Gasteiger partial charge < -0.3 is 4.90 Å². The number of rotatable bonds is 6. The topological polar surface area (TPSA) is 35.6 Å². The second-order valence-corrected chi connectivity index (χ2v) is 9.06. The number of carbonyl (C=O) groups excluding carboxylic acids is 1. The van der Waals surface area contributed by atoms with Crippen molar-refractivity contribution in [2.75, 3.05) is 23.4 Å². The summed E-state index contributed by atoms with van der Waals surface area (Å²) in [6, 6.07) is 11.2. The summed E-state index contributed by atoms with van der Waals surface area (Å²) in [7, 11) is 0. The highest BCUT2D eigenvalue weighted by molar-refractivity contribution is 8.26. The number of nitrogens with zero attached hydrogens (tertiary/aromatic N) is 2. The molecule has 152 valence electrons. The summed E-state index contributed by atoms with van der Waals surface area (Å²) in [6.45, 7) is 6.12. The Bertz CT molecular complexity index is 952. The van der Waals surface area contributed by atoms with Gasteiger partial charge in [0.1, 0.15) is 0 Å². The minimum Gasteiger partial charge on any atom is -0.372 e. The maximum absolute atomic E-state index is 12.8. The molecule has 9 heteroatoms. The standard InChI is InChI=1S/C20H18Cl3N3OS2/c1-3-25(4-2)14-7-5-12(6-8-14)9-17-19(27)26(20(28)29-17)24-18-15(22)10-13(21)11-16(18)23/h5-11,24H,3-4H2,1-2H3/b17-9+. The molecule has 0 bridgehead atoms. The average molecular weight is 487 g/mol. The second-order valence-electron chi connectivity index (χ2n) is 6.14. The van der Waals surface area contributed by atoms with Crippen molar-refractivity contribution in [2.45, 2.75) is 13.8 Å². The molecule has 0 aliphatic carbocycles. The number of hydrazine groups is 1. The van der Waals surface area contributed by atoms with Crippen LogP contribution in [0, 0.1) is 0 Å². The Hall–Kier alpha value is -1.44. The lowest BCUT2D eigenvalue weighted by Gasteiger charge is -2.20. The van der Waals surface area contributed by atoms with E-state index in [2.05, 4.69) is 24.2 Å². The van der Waals surface area contributed by atoms with Crippen molar-refractivity contribution in [3.63, 3.8) is 0 Å². The first-order valence-corrected chi connectivity index (χ1v) is 11.2. The smallest absolute Gasteiger partial charge is 0.285 e.